The van der Waals surface area contributed by atoms with E-state index in [0.717, 1.165) is 5.69 Å². The van der Waals surface area contributed by atoms with Crippen LogP contribution in [0.25, 0.3) is 11.0 Å². The van der Waals surface area contributed by atoms with Gasteiger partial charge in [-0.1, -0.05) is 6.08 Å². The fraction of sp³-hybridized carbons (Fsp3) is 0.263. The van der Waals surface area contributed by atoms with Crippen LogP contribution in [0.5, 0.6) is 5.75 Å². The van der Waals surface area contributed by atoms with E-state index in [-0.39, 0.29) is 11.5 Å². The zero-order chi connectivity index (χ0) is 20.4. The van der Waals surface area contributed by atoms with Crippen molar-refractivity contribution in [2.45, 2.75) is 26.9 Å². The molecule has 28 heavy (non-hydrogen) atoms. The second kappa shape index (κ2) is 7.55. The van der Waals surface area contributed by atoms with Crippen molar-refractivity contribution < 1.29 is 14.3 Å². The Hall–Kier alpha value is -3.62. The summed E-state index contributed by atoms with van der Waals surface area (Å²) in [6.07, 6.45) is 1.68. The molecule has 3 aromatic rings. The highest BCUT2D eigenvalue weighted by atomic mass is 16.5. The number of fused-ring (bicyclic) bond motifs is 1. The molecule has 3 rings (SSSR count). The number of nitrogens with two attached hydrogens (primary N) is 1. The van der Waals surface area contributed by atoms with Gasteiger partial charge < -0.3 is 15.0 Å². The molecule has 0 saturated heterocycles. The van der Waals surface area contributed by atoms with E-state index in [2.05, 4.69) is 22.0 Å². The molecule has 0 aliphatic heterocycles. The second-order valence-corrected chi connectivity index (χ2v) is 6.19. The molecule has 2 heterocycles. The van der Waals surface area contributed by atoms with Gasteiger partial charge in [-0.3, -0.25) is 19.6 Å². The summed E-state index contributed by atoms with van der Waals surface area (Å²) >= 11 is 0. The van der Waals surface area contributed by atoms with Crippen molar-refractivity contribution in [1.82, 2.24) is 19.3 Å². The minimum atomic E-state index is -0.591. The number of benzene rings is 1. The van der Waals surface area contributed by atoms with E-state index < -0.39 is 5.91 Å². The van der Waals surface area contributed by atoms with Gasteiger partial charge in [0.1, 0.15) is 17.0 Å². The number of ether oxygens (including phenoxy) is 1. The zero-order valence-electron chi connectivity index (χ0n) is 16.0. The number of rotatable bonds is 7. The number of aryl methyl sites for hydroxylation is 2. The van der Waals surface area contributed by atoms with Gasteiger partial charge in [0.2, 0.25) is 11.9 Å². The maximum atomic E-state index is 12.8. The predicted octanol–water partition coefficient (Wildman–Crippen LogP) is 2.11. The Morgan fingerprint density at radius 3 is 2.71 bits per heavy atom. The summed E-state index contributed by atoms with van der Waals surface area (Å²) in [7, 11) is 1.49. The van der Waals surface area contributed by atoms with E-state index in [9.17, 15) is 9.59 Å². The Balaban J connectivity index is 2.11. The highest BCUT2D eigenvalue weighted by Gasteiger charge is 2.20. The molecule has 2 amide bonds. The number of amides is 2. The number of hydrogen-bond acceptors (Lipinski definition) is 5. The van der Waals surface area contributed by atoms with Gasteiger partial charge in [0.25, 0.3) is 5.91 Å². The maximum absolute atomic E-state index is 12.8. The van der Waals surface area contributed by atoms with Gasteiger partial charge in [-0.05, 0) is 32.0 Å². The summed E-state index contributed by atoms with van der Waals surface area (Å²) in [6.45, 7) is 8.44. The summed E-state index contributed by atoms with van der Waals surface area (Å²) in [5.41, 5.74) is 7.95. The quantitative estimate of drug-likeness (QED) is 0.607. The highest BCUT2D eigenvalue weighted by Crippen LogP contribution is 2.30. The molecule has 0 atom stereocenters. The number of primary amides is 1. The molecule has 0 unspecified atom stereocenters. The van der Waals surface area contributed by atoms with E-state index in [0.29, 0.717) is 41.5 Å². The number of carbonyl (C=O) groups excluding carboxylic acids is 2. The third-order valence-electron chi connectivity index (χ3n) is 4.28. The van der Waals surface area contributed by atoms with Crippen LogP contribution < -0.4 is 15.8 Å². The van der Waals surface area contributed by atoms with Gasteiger partial charge in [-0.25, -0.2) is 4.98 Å². The monoisotopic (exact) mass is 382 g/mol. The van der Waals surface area contributed by atoms with E-state index in [1.54, 1.807) is 33.5 Å². The predicted molar refractivity (Wildman–Crippen MR) is 106 cm³/mol. The van der Waals surface area contributed by atoms with E-state index in [4.69, 9.17) is 10.5 Å². The van der Waals surface area contributed by atoms with Crippen molar-refractivity contribution in [3.8, 4) is 5.75 Å². The molecule has 0 fully saturated rings. The van der Waals surface area contributed by atoms with Gasteiger partial charge in [0.05, 0.1) is 18.3 Å². The van der Waals surface area contributed by atoms with Gasteiger partial charge in [0.15, 0.2) is 0 Å². The molecule has 0 aliphatic rings. The fourth-order valence-electron chi connectivity index (χ4n) is 3.07. The van der Waals surface area contributed by atoms with E-state index in [1.165, 1.54) is 7.11 Å². The summed E-state index contributed by atoms with van der Waals surface area (Å²) in [6, 6.07) is 4.83. The summed E-state index contributed by atoms with van der Waals surface area (Å²) in [5, 5.41) is 7.11. The summed E-state index contributed by atoms with van der Waals surface area (Å²) in [5.74, 6) is -0.194. The largest absolute Gasteiger partial charge is 0.494 e. The molecule has 146 valence electrons. The Kier molecular flexibility index (Phi) is 5.16. The number of aromatic nitrogens is 4. The minimum absolute atomic E-state index is 0.269. The van der Waals surface area contributed by atoms with Crippen LogP contribution in [0, 0.1) is 6.92 Å². The Bertz CT molecular complexity index is 1080. The fourth-order valence-corrected chi connectivity index (χ4v) is 3.07. The number of nitrogens with one attached hydrogen (secondary N) is 1. The Morgan fingerprint density at radius 2 is 2.11 bits per heavy atom. The Morgan fingerprint density at radius 1 is 1.36 bits per heavy atom. The van der Waals surface area contributed by atoms with Crippen LogP contribution in [0.1, 0.15) is 33.5 Å². The van der Waals surface area contributed by atoms with Crippen molar-refractivity contribution in [3.05, 3.63) is 47.8 Å². The molecule has 0 radical (unpaired) electrons. The topological polar surface area (TPSA) is 117 Å². The lowest BCUT2D eigenvalue weighted by Gasteiger charge is -2.10. The van der Waals surface area contributed by atoms with Crippen molar-refractivity contribution in [2.24, 2.45) is 5.73 Å². The van der Waals surface area contributed by atoms with Crippen LogP contribution in [0.15, 0.2) is 30.9 Å². The number of allylic oxidation sites excluding steroid dienone is 1. The van der Waals surface area contributed by atoms with Crippen molar-refractivity contribution in [1.29, 1.82) is 0 Å². The molecule has 9 nitrogen and oxygen atoms in total. The zero-order valence-corrected chi connectivity index (χ0v) is 16.0. The number of methoxy groups -OCH3 is 1. The first-order valence-corrected chi connectivity index (χ1v) is 8.74. The molecule has 0 saturated carbocycles. The molecule has 2 aromatic heterocycles. The molecule has 0 spiro atoms. The molecule has 1 aromatic carbocycles. The van der Waals surface area contributed by atoms with Crippen molar-refractivity contribution >= 4 is 28.8 Å². The number of imidazole rings is 1. The van der Waals surface area contributed by atoms with Crippen molar-refractivity contribution in [2.75, 3.05) is 12.4 Å². The third kappa shape index (κ3) is 3.34. The van der Waals surface area contributed by atoms with E-state index in [1.807, 2.05) is 13.8 Å². The minimum Gasteiger partial charge on any atom is -0.494 e. The molecule has 0 bridgehead atoms. The first kappa shape index (κ1) is 19.2. The summed E-state index contributed by atoms with van der Waals surface area (Å²) < 4.78 is 8.79. The van der Waals surface area contributed by atoms with Crippen LogP contribution in [0.3, 0.4) is 0 Å². The lowest BCUT2D eigenvalue weighted by atomic mass is 10.1. The number of nitrogens with zero attached hydrogens (tertiary/aromatic N) is 4. The highest BCUT2D eigenvalue weighted by molar-refractivity contribution is 6.04. The standard InChI is InChI=1S/C19H22N6O3/c1-5-7-24-16-13(9-12(17(20)26)10-15(16)28-4)21-19(24)22-18(27)14-8-11(3)23-25(14)6-2/h5,8-10H,1,6-7H2,2-4H3,(H2,20,26)(H,21,22,27). The first-order chi connectivity index (χ1) is 13.4. The van der Waals surface area contributed by atoms with Gasteiger partial charge >= 0.3 is 0 Å². The molecule has 0 aliphatic carbocycles. The van der Waals surface area contributed by atoms with Crippen LogP contribution in [-0.4, -0.2) is 38.3 Å². The number of hydrogen-bond donors (Lipinski definition) is 2. The first-order valence-electron chi connectivity index (χ1n) is 8.74. The van der Waals surface area contributed by atoms with Gasteiger partial charge in [-0.15, -0.1) is 6.58 Å². The number of anilines is 1. The van der Waals surface area contributed by atoms with E-state index >= 15 is 0 Å². The maximum Gasteiger partial charge on any atom is 0.276 e. The molecular weight excluding hydrogens is 360 g/mol. The third-order valence-corrected chi connectivity index (χ3v) is 4.28. The molecule has 3 N–H and O–H groups in total. The van der Waals surface area contributed by atoms with Crippen molar-refractivity contribution in [3.63, 3.8) is 0 Å². The number of carbonyl (C=O) groups is 2. The lowest BCUT2D eigenvalue weighted by molar-refractivity contribution is 0.0995. The van der Waals surface area contributed by atoms with Crippen LogP contribution in [0.2, 0.25) is 0 Å². The molecule has 9 heteroatoms. The average Bonchev–Trinajstić information content (AvgIpc) is 3.21. The Labute approximate surface area is 161 Å². The summed E-state index contributed by atoms with van der Waals surface area (Å²) in [4.78, 5) is 28.9. The smallest absolute Gasteiger partial charge is 0.276 e. The van der Waals surface area contributed by atoms with Gasteiger partial charge in [0, 0.05) is 18.7 Å². The molecular formula is C19H22N6O3. The lowest BCUT2D eigenvalue weighted by Crippen LogP contribution is -2.19. The second-order valence-electron chi connectivity index (χ2n) is 6.19. The average molecular weight is 382 g/mol. The van der Waals surface area contributed by atoms with Gasteiger partial charge in [-0.2, -0.15) is 5.10 Å². The van der Waals surface area contributed by atoms with Crippen LogP contribution in [-0.2, 0) is 13.1 Å². The normalized spacial score (nSPS) is 10.8. The SMILES string of the molecule is C=CCn1c(NC(=O)c2cc(C)nn2CC)nc2cc(C(N)=O)cc(OC)c21. The van der Waals surface area contributed by atoms with Crippen LogP contribution >= 0.6 is 0 Å². The van der Waals surface area contributed by atoms with Crippen LogP contribution in [0.4, 0.5) is 5.95 Å².